The van der Waals surface area contributed by atoms with Crippen LogP contribution in [0.15, 0.2) is 0 Å². The van der Waals surface area contributed by atoms with Crippen molar-refractivity contribution in [1.82, 2.24) is 0 Å². The molecule has 0 saturated heterocycles. The average molecular weight is 298 g/mol. The van der Waals surface area contributed by atoms with Crippen LogP contribution in [0.2, 0.25) is 0 Å². The van der Waals surface area contributed by atoms with Gasteiger partial charge in [0.15, 0.2) is 0 Å². The molecular formula is H5MgO11P3. The van der Waals surface area contributed by atoms with Crippen molar-refractivity contribution in [2.75, 3.05) is 0 Å². The van der Waals surface area contributed by atoms with Crippen molar-refractivity contribution >= 4 is 46.5 Å². The Bertz CT molecular complexity index is 259. The maximum Gasteiger partial charge on any atom is 2.00 e. The molecule has 0 heterocycles. The van der Waals surface area contributed by atoms with E-state index in [1.807, 2.05) is 0 Å². The second kappa shape index (κ2) is 7.46. The molecule has 0 bridgehead atoms. The van der Waals surface area contributed by atoms with E-state index in [0.29, 0.717) is 0 Å². The molecule has 0 aromatic heterocycles. The number of rotatable bonds is 2. The summed E-state index contributed by atoms with van der Waals surface area (Å²) < 4.78 is 30.9. The third-order valence-electron chi connectivity index (χ3n) is 0.213. The van der Waals surface area contributed by atoms with Crippen LogP contribution >= 0.6 is 23.5 Å². The summed E-state index contributed by atoms with van der Waals surface area (Å²) in [4.78, 5) is 55.3. The molecule has 0 spiro atoms. The summed E-state index contributed by atoms with van der Waals surface area (Å²) in [5, 5.41) is 0. The Hall–Kier alpha value is 1.14. The van der Waals surface area contributed by atoms with Crippen LogP contribution < -0.4 is 9.79 Å². The minimum atomic E-state index is -5.14. The molecular weight excluding hydrogens is 293 g/mol. The Morgan fingerprint density at radius 2 is 0.933 bits per heavy atom. The van der Waals surface area contributed by atoms with Gasteiger partial charge in [0.2, 0.25) is 0 Å². The summed E-state index contributed by atoms with van der Waals surface area (Å²) in [5.41, 5.74) is 0. The number of hydrogen-bond donors (Lipinski definition) is 5. The summed E-state index contributed by atoms with van der Waals surface area (Å²) in [6.45, 7) is 0. The SMILES string of the molecule is O=P(O)(O)OP(=O)(O)O.O=P([O-])([O-])O.[Mg+2]. The fourth-order valence-corrected chi connectivity index (χ4v) is 1.25. The van der Waals surface area contributed by atoms with Gasteiger partial charge in [0.1, 0.15) is 0 Å². The molecule has 0 aliphatic rings. The molecule has 88 valence electrons. The van der Waals surface area contributed by atoms with Gasteiger partial charge in [-0.25, -0.2) is 9.13 Å². The first-order chi connectivity index (χ1) is 5.71. The molecule has 0 aromatic carbocycles. The summed E-state index contributed by atoms with van der Waals surface area (Å²) in [6, 6.07) is 0. The Morgan fingerprint density at radius 1 is 0.800 bits per heavy atom. The molecule has 5 N–H and O–H groups in total. The molecule has 11 nitrogen and oxygen atoms in total. The van der Waals surface area contributed by atoms with Gasteiger partial charge in [-0.2, -0.15) is 4.31 Å². The summed E-state index contributed by atoms with van der Waals surface area (Å²) in [6.07, 6.45) is 0. The minimum absolute atomic E-state index is 0. The summed E-state index contributed by atoms with van der Waals surface area (Å²) in [7, 11) is -15.2. The van der Waals surface area contributed by atoms with E-state index in [-0.39, 0.29) is 23.1 Å². The molecule has 0 unspecified atom stereocenters. The standard InChI is InChI=1S/Mg.H4O7P2.H3O4P/c;1-8(2,3)7-9(4,5)6;1-5(2,3)4/h;(H2,1,2,3)(H2,4,5,6);(H3,1,2,3,4)/q+2;;/p-2. The predicted molar refractivity (Wildman–Crippen MR) is 40.8 cm³/mol. The van der Waals surface area contributed by atoms with Gasteiger partial charge < -0.3 is 38.8 Å². The zero-order valence-corrected chi connectivity index (χ0v) is 10.8. The molecule has 0 aliphatic carbocycles. The quantitative estimate of drug-likeness (QED) is 0.251. The number of phosphoric acid groups is 3. The second-order valence-electron chi connectivity index (χ2n) is 1.53. The van der Waals surface area contributed by atoms with Gasteiger partial charge in [0.25, 0.3) is 0 Å². The van der Waals surface area contributed by atoms with Crippen molar-refractivity contribution in [2.45, 2.75) is 0 Å². The van der Waals surface area contributed by atoms with E-state index in [1.165, 1.54) is 0 Å². The Kier molecular flexibility index (Phi) is 10.7. The van der Waals surface area contributed by atoms with Crippen LogP contribution in [0.3, 0.4) is 0 Å². The first kappa shape index (κ1) is 21.4. The van der Waals surface area contributed by atoms with Crippen molar-refractivity contribution in [3.05, 3.63) is 0 Å². The molecule has 0 radical (unpaired) electrons. The zero-order chi connectivity index (χ0) is 12.2. The average Bonchev–Trinajstić information content (AvgIpc) is 1.42. The Balaban J connectivity index is -0.000000208. The molecule has 0 fully saturated rings. The van der Waals surface area contributed by atoms with Crippen LogP contribution in [-0.2, 0) is 18.0 Å². The fourth-order valence-electron chi connectivity index (χ4n) is 0.139. The topological polar surface area (TPSA) is 208 Å². The van der Waals surface area contributed by atoms with Crippen molar-refractivity contribution in [1.29, 1.82) is 0 Å². The van der Waals surface area contributed by atoms with Crippen molar-refractivity contribution in [2.24, 2.45) is 0 Å². The van der Waals surface area contributed by atoms with Crippen molar-refractivity contribution in [3.63, 3.8) is 0 Å². The van der Waals surface area contributed by atoms with Crippen LogP contribution in [0.1, 0.15) is 0 Å². The normalized spacial score (nSPS) is 12.2. The second-order valence-corrected chi connectivity index (χ2v) is 5.08. The molecule has 0 aliphatic heterocycles. The molecule has 0 aromatic rings. The minimum Gasteiger partial charge on any atom is -0.790 e. The van der Waals surface area contributed by atoms with Gasteiger partial charge in [-0.3, -0.25) is 0 Å². The van der Waals surface area contributed by atoms with Crippen molar-refractivity contribution in [3.8, 4) is 0 Å². The molecule has 15 heavy (non-hydrogen) atoms. The van der Waals surface area contributed by atoms with E-state index in [9.17, 15) is 9.13 Å². The smallest absolute Gasteiger partial charge is 0.790 e. The van der Waals surface area contributed by atoms with E-state index < -0.39 is 23.5 Å². The van der Waals surface area contributed by atoms with E-state index >= 15 is 0 Å². The van der Waals surface area contributed by atoms with E-state index in [2.05, 4.69) is 4.31 Å². The van der Waals surface area contributed by atoms with E-state index in [4.69, 9.17) is 38.8 Å². The largest absolute Gasteiger partial charge is 2.00 e. The summed E-state index contributed by atoms with van der Waals surface area (Å²) in [5.74, 6) is 0. The Morgan fingerprint density at radius 3 is 0.933 bits per heavy atom. The third kappa shape index (κ3) is 51.3. The first-order valence-electron chi connectivity index (χ1n) is 2.28. The van der Waals surface area contributed by atoms with Crippen LogP contribution in [0.25, 0.3) is 0 Å². The number of hydrogen-bond acceptors (Lipinski definition) is 6. The predicted octanol–water partition coefficient (Wildman–Crippen LogP) is -3.39. The first-order valence-corrected chi connectivity index (χ1v) is 6.83. The van der Waals surface area contributed by atoms with E-state index in [1.54, 1.807) is 0 Å². The van der Waals surface area contributed by atoms with Gasteiger partial charge in [0.05, 0.1) is 7.82 Å². The molecule has 0 atom stereocenters. The van der Waals surface area contributed by atoms with Gasteiger partial charge in [-0.15, -0.1) is 0 Å². The van der Waals surface area contributed by atoms with E-state index in [0.717, 1.165) is 0 Å². The van der Waals surface area contributed by atoms with Gasteiger partial charge >= 0.3 is 38.7 Å². The maximum absolute atomic E-state index is 9.63. The molecule has 0 amide bonds. The van der Waals surface area contributed by atoms with Crippen LogP contribution in [-0.4, -0.2) is 47.5 Å². The summed E-state index contributed by atoms with van der Waals surface area (Å²) >= 11 is 0. The molecule has 0 rings (SSSR count). The van der Waals surface area contributed by atoms with Crippen LogP contribution in [0, 0.1) is 0 Å². The zero-order valence-electron chi connectivity index (χ0n) is 6.73. The van der Waals surface area contributed by atoms with Gasteiger partial charge in [-0.1, -0.05) is 0 Å². The fraction of sp³-hybridized carbons (Fsp3) is 0. The maximum atomic E-state index is 9.63. The Labute approximate surface area is 99.0 Å². The van der Waals surface area contributed by atoms with Gasteiger partial charge in [-0.05, 0) is 0 Å². The third-order valence-corrected chi connectivity index (χ3v) is 1.91. The molecule has 15 heteroatoms. The van der Waals surface area contributed by atoms with Gasteiger partial charge in [0, 0.05) is 0 Å². The van der Waals surface area contributed by atoms with Crippen LogP contribution in [0.4, 0.5) is 0 Å². The van der Waals surface area contributed by atoms with Crippen LogP contribution in [0.5, 0.6) is 0 Å². The molecule has 0 saturated carbocycles. The van der Waals surface area contributed by atoms with Crippen molar-refractivity contribution < 1.29 is 52.3 Å². The monoisotopic (exact) mass is 298 g/mol.